The van der Waals surface area contributed by atoms with Crippen LogP contribution in [0.25, 0.3) is 0 Å². The first-order valence-electron chi connectivity index (χ1n) is 6.36. The second-order valence-corrected chi connectivity index (χ2v) is 5.50. The van der Waals surface area contributed by atoms with Crippen molar-refractivity contribution in [3.8, 4) is 5.75 Å². The topological polar surface area (TPSA) is 52.0 Å². The Kier molecular flexibility index (Phi) is 5.82. The molecule has 0 aliphatic carbocycles. The van der Waals surface area contributed by atoms with Crippen molar-refractivity contribution in [2.24, 2.45) is 0 Å². The molecule has 0 atom stereocenters. The summed E-state index contributed by atoms with van der Waals surface area (Å²) in [6.45, 7) is 4.81. The second kappa shape index (κ2) is 7.61. The van der Waals surface area contributed by atoms with Crippen LogP contribution in [0.1, 0.15) is 12.6 Å². The van der Waals surface area contributed by atoms with Gasteiger partial charge in [0, 0.05) is 17.2 Å². The van der Waals surface area contributed by atoms with Crippen LogP contribution in [0.2, 0.25) is 5.02 Å². The Morgan fingerprint density at radius 1 is 1.45 bits per heavy atom. The molecule has 0 fully saturated rings. The average Bonchev–Trinajstić information content (AvgIpc) is 2.88. The molecule has 0 unspecified atom stereocenters. The summed E-state index contributed by atoms with van der Waals surface area (Å²) in [4.78, 5) is 0. The molecule has 2 aromatic rings. The molecule has 2 rings (SSSR count). The van der Waals surface area contributed by atoms with E-state index in [4.69, 9.17) is 16.3 Å². The normalized spacial score (nSPS) is 10.8. The van der Waals surface area contributed by atoms with Crippen molar-refractivity contribution >= 4 is 27.5 Å². The Balaban J connectivity index is 1.83. The zero-order chi connectivity index (χ0) is 14.4. The molecule has 0 radical (unpaired) electrons. The number of nitrogens with zero attached hydrogens (tertiary/aromatic N) is 3. The largest absolute Gasteiger partial charge is 0.490 e. The van der Waals surface area contributed by atoms with E-state index >= 15 is 0 Å². The van der Waals surface area contributed by atoms with E-state index in [2.05, 4.69) is 38.5 Å². The van der Waals surface area contributed by atoms with Crippen LogP contribution in [0.3, 0.4) is 0 Å². The van der Waals surface area contributed by atoms with Crippen molar-refractivity contribution in [1.29, 1.82) is 0 Å². The summed E-state index contributed by atoms with van der Waals surface area (Å²) in [7, 11) is 0. The lowest BCUT2D eigenvalue weighted by molar-refractivity contribution is 0.289. The predicted molar refractivity (Wildman–Crippen MR) is 82.0 cm³/mol. The third-order valence-corrected chi connectivity index (χ3v) is 3.42. The average molecular weight is 360 g/mol. The van der Waals surface area contributed by atoms with Crippen LogP contribution < -0.4 is 10.1 Å². The molecule has 0 saturated heterocycles. The minimum atomic E-state index is 0.486. The fraction of sp³-hybridized carbons (Fsp3) is 0.385. The zero-order valence-corrected chi connectivity index (χ0v) is 13.5. The predicted octanol–water partition coefficient (Wildman–Crippen LogP) is 2.88. The number of ether oxygens (including phenoxy) is 1. The molecule has 5 nitrogen and oxygen atoms in total. The summed E-state index contributed by atoms with van der Waals surface area (Å²) >= 11 is 9.44. The van der Waals surface area contributed by atoms with Crippen molar-refractivity contribution < 1.29 is 4.74 Å². The van der Waals surface area contributed by atoms with Gasteiger partial charge in [0.15, 0.2) is 0 Å². The Bertz CT molecular complexity index is 561. The SMILES string of the molecule is CCNCc1cn(CCOc2cc(Br)ccc2Cl)nn1. The number of benzene rings is 1. The highest BCUT2D eigenvalue weighted by Crippen LogP contribution is 2.27. The van der Waals surface area contributed by atoms with Crippen molar-refractivity contribution in [1.82, 2.24) is 20.3 Å². The van der Waals surface area contributed by atoms with Crippen LogP contribution in [0, 0.1) is 0 Å². The highest BCUT2D eigenvalue weighted by atomic mass is 79.9. The van der Waals surface area contributed by atoms with Gasteiger partial charge in [-0.3, -0.25) is 0 Å². The number of aromatic nitrogens is 3. The number of hydrogen-bond donors (Lipinski definition) is 1. The van der Waals surface area contributed by atoms with Crippen LogP contribution in [0.15, 0.2) is 28.9 Å². The van der Waals surface area contributed by atoms with Gasteiger partial charge in [-0.1, -0.05) is 39.7 Å². The minimum Gasteiger partial charge on any atom is -0.490 e. The molecule has 0 amide bonds. The lowest BCUT2D eigenvalue weighted by Crippen LogP contribution is -2.12. The molecule has 7 heteroatoms. The molecular weight excluding hydrogens is 344 g/mol. The van der Waals surface area contributed by atoms with Gasteiger partial charge in [0.1, 0.15) is 12.4 Å². The number of halogens is 2. The van der Waals surface area contributed by atoms with E-state index in [9.17, 15) is 0 Å². The van der Waals surface area contributed by atoms with E-state index in [1.165, 1.54) is 0 Å². The quantitative estimate of drug-likeness (QED) is 0.826. The first-order chi connectivity index (χ1) is 9.69. The molecule has 1 N–H and O–H groups in total. The number of hydrogen-bond acceptors (Lipinski definition) is 4. The highest BCUT2D eigenvalue weighted by Gasteiger charge is 2.04. The summed E-state index contributed by atoms with van der Waals surface area (Å²) in [5.74, 6) is 0.661. The maximum atomic E-state index is 6.05. The molecule has 1 heterocycles. The van der Waals surface area contributed by atoms with Crippen LogP contribution in [-0.2, 0) is 13.1 Å². The van der Waals surface area contributed by atoms with E-state index in [0.29, 0.717) is 23.9 Å². The van der Waals surface area contributed by atoms with Crippen LogP contribution in [0.5, 0.6) is 5.75 Å². The van der Waals surface area contributed by atoms with E-state index in [-0.39, 0.29) is 0 Å². The summed E-state index contributed by atoms with van der Waals surface area (Å²) in [5, 5.41) is 11.9. The third-order valence-electron chi connectivity index (χ3n) is 2.61. The molecule has 0 aliphatic heterocycles. The molecule has 108 valence electrons. The Morgan fingerprint density at radius 3 is 3.10 bits per heavy atom. The van der Waals surface area contributed by atoms with Gasteiger partial charge in [0.25, 0.3) is 0 Å². The molecule has 1 aromatic heterocycles. The van der Waals surface area contributed by atoms with Gasteiger partial charge in [-0.2, -0.15) is 0 Å². The smallest absolute Gasteiger partial charge is 0.139 e. The van der Waals surface area contributed by atoms with Gasteiger partial charge in [0.05, 0.1) is 17.3 Å². The summed E-state index contributed by atoms with van der Waals surface area (Å²) in [5.41, 5.74) is 0.923. The van der Waals surface area contributed by atoms with Gasteiger partial charge in [-0.15, -0.1) is 5.10 Å². The van der Waals surface area contributed by atoms with E-state index in [0.717, 1.165) is 23.3 Å². The van der Waals surface area contributed by atoms with Crippen molar-refractivity contribution in [3.05, 3.63) is 39.6 Å². The Labute approximate surface area is 131 Å². The molecule has 0 saturated carbocycles. The molecule has 0 aliphatic rings. The van der Waals surface area contributed by atoms with Gasteiger partial charge in [-0.05, 0) is 24.7 Å². The van der Waals surface area contributed by atoms with Crippen molar-refractivity contribution in [2.75, 3.05) is 13.2 Å². The molecule has 20 heavy (non-hydrogen) atoms. The van der Waals surface area contributed by atoms with E-state index < -0.39 is 0 Å². The lowest BCUT2D eigenvalue weighted by Gasteiger charge is -2.08. The standard InChI is InChI=1S/C13H16BrClN4O/c1-2-16-8-11-9-19(18-17-11)5-6-20-13-7-10(14)3-4-12(13)15/h3-4,7,9,16H,2,5-6,8H2,1H3. The van der Waals surface area contributed by atoms with Gasteiger partial charge >= 0.3 is 0 Å². The monoisotopic (exact) mass is 358 g/mol. The number of rotatable bonds is 7. The van der Waals surface area contributed by atoms with E-state index in [1.54, 1.807) is 10.7 Å². The first-order valence-corrected chi connectivity index (χ1v) is 7.53. The van der Waals surface area contributed by atoms with Crippen LogP contribution in [0.4, 0.5) is 0 Å². The summed E-state index contributed by atoms with van der Waals surface area (Å²) in [6, 6.07) is 5.52. The second-order valence-electron chi connectivity index (χ2n) is 4.18. The summed E-state index contributed by atoms with van der Waals surface area (Å²) < 4.78 is 8.34. The van der Waals surface area contributed by atoms with Gasteiger partial charge in [0.2, 0.25) is 0 Å². The maximum Gasteiger partial charge on any atom is 0.139 e. The Morgan fingerprint density at radius 2 is 2.30 bits per heavy atom. The Hall–Kier alpha value is -1.11. The lowest BCUT2D eigenvalue weighted by atomic mass is 10.3. The molecule has 0 spiro atoms. The molecular formula is C13H16BrClN4O. The first kappa shape index (κ1) is 15.3. The number of nitrogens with one attached hydrogen (secondary N) is 1. The highest BCUT2D eigenvalue weighted by molar-refractivity contribution is 9.10. The summed E-state index contributed by atoms with van der Waals surface area (Å²) in [6.07, 6.45) is 1.91. The van der Waals surface area contributed by atoms with Crippen LogP contribution >= 0.6 is 27.5 Å². The maximum absolute atomic E-state index is 6.05. The van der Waals surface area contributed by atoms with Crippen molar-refractivity contribution in [3.63, 3.8) is 0 Å². The fourth-order valence-electron chi connectivity index (χ4n) is 1.62. The molecule has 0 bridgehead atoms. The third kappa shape index (κ3) is 4.47. The minimum absolute atomic E-state index is 0.486. The van der Waals surface area contributed by atoms with E-state index in [1.807, 2.05) is 18.3 Å². The van der Waals surface area contributed by atoms with Gasteiger partial charge < -0.3 is 10.1 Å². The molecule has 1 aromatic carbocycles. The van der Waals surface area contributed by atoms with Crippen LogP contribution in [-0.4, -0.2) is 28.1 Å². The fourth-order valence-corrected chi connectivity index (χ4v) is 2.13. The van der Waals surface area contributed by atoms with Gasteiger partial charge in [-0.25, -0.2) is 4.68 Å². The zero-order valence-electron chi connectivity index (χ0n) is 11.1. The van der Waals surface area contributed by atoms with Crippen molar-refractivity contribution in [2.45, 2.75) is 20.0 Å².